The van der Waals surface area contributed by atoms with E-state index in [9.17, 15) is 4.39 Å². The number of rotatable bonds is 4. The molecule has 0 aliphatic carbocycles. The zero-order valence-corrected chi connectivity index (χ0v) is 10.2. The number of aliphatic hydroxyl groups excluding tert-OH is 1. The van der Waals surface area contributed by atoms with Crippen LogP contribution in [0.5, 0.6) is 0 Å². The van der Waals surface area contributed by atoms with Gasteiger partial charge in [0.2, 0.25) is 0 Å². The van der Waals surface area contributed by atoms with Gasteiger partial charge >= 0.3 is 0 Å². The molecule has 1 aromatic heterocycles. The first-order chi connectivity index (χ1) is 8.72. The number of hydrogen-bond acceptors (Lipinski definition) is 3. The summed E-state index contributed by atoms with van der Waals surface area (Å²) >= 11 is 0. The predicted molar refractivity (Wildman–Crippen MR) is 66.5 cm³/mol. The standard InChI is InChI=1S/C14H15FN2O/c1-2-13-11(9-18)8-16-14(17-13)7-10-3-5-12(15)6-4-10/h3-6,8,18H,2,7,9H2,1H3. The van der Waals surface area contributed by atoms with Gasteiger partial charge in [-0.15, -0.1) is 0 Å². The minimum atomic E-state index is -0.246. The normalized spacial score (nSPS) is 10.6. The molecule has 0 bridgehead atoms. The smallest absolute Gasteiger partial charge is 0.132 e. The lowest BCUT2D eigenvalue weighted by Gasteiger charge is -2.06. The van der Waals surface area contributed by atoms with Crippen molar-refractivity contribution in [1.29, 1.82) is 0 Å². The third-order valence-corrected chi connectivity index (χ3v) is 2.78. The van der Waals surface area contributed by atoms with E-state index in [2.05, 4.69) is 9.97 Å². The predicted octanol–water partition coefficient (Wildman–Crippen LogP) is 2.26. The molecule has 0 aliphatic heterocycles. The van der Waals surface area contributed by atoms with Crippen LogP contribution in [0.3, 0.4) is 0 Å². The van der Waals surface area contributed by atoms with Gasteiger partial charge in [0.15, 0.2) is 0 Å². The van der Waals surface area contributed by atoms with Crippen LogP contribution >= 0.6 is 0 Å². The van der Waals surface area contributed by atoms with Gasteiger partial charge in [-0.05, 0) is 24.1 Å². The van der Waals surface area contributed by atoms with E-state index >= 15 is 0 Å². The molecule has 2 aromatic rings. The molecule has 0 radical (unpaired) electrons. The highest BCUT2D eigenvalue weighted by atomic mass is 19.1. The second-order valence-corrected chi connectivity index (χ2v) is 4.07. The van der Waals surface area contributed by atoms with E-state index in [1.54, 1.807) is 18.3 Å². The van der Waals surface area contributed by atoms with E-state index in [1.165, 1.54) is 12.1 Å². The number of hydrogen-bond donors (Lipinski definition) is 1. The van der Waals surface area contributed by atoms with E-state index in [1.807, 2.05) is 6.92 Å². The van der Waals surface area contributed by atoms with Crippen molar-refractivity contribution in [2.75, 3.05) is 0 Å². The van der Waals surface area contributed by atoms with Crippen LogP contribution in [0.25, 0.3) is 0 Å². The lowest BCUT2D eigenvalue weighted by Crippen LogP contribution is -2.04. The van der Waals surface area contributed by atoms with Crippen molar-refractivity contribution >= 4 is 0 Å². The van der Waals surface area contributed by atoms with Crippen molar-refractivity contribution in [3.8, 4) is 0 Å². The summed E-state index contributed by atoms with van der Waals surface area (Å²) in [7, 11) is 0. The van der Waals surface area contributed by atoms with Crippen molar-refractivity contribution in [3.63, 3.8) is 0 Å². The Morgan fingerprint density at radius 3 is 2.56 bits per heavy atom. The zero-order chi connectivity index (χ0) is 13.0. The molecule has 0 fully saturated rings. The van der Waals surface area contributed by atoms with Gasteiger partial charge in [0, 0.05) is 23.9 Å². The van der Waals surface area contributed by atoms with Crippen LogP contribution in [0, 0.1) is 5.82 Å². The molecule has 0 atom stereocenters. The Balaban J connectivity index is 2.21. The van der Waals surface area contributed by atoms with Crippen LogP contribution in [0.2, 0.25) is 0 Å². The molecule has 0 aliphatic rings. The van der Waals surface area contributed by atoms with Crippen LogP contribution in [-0.2, 0) is 19.4 Å². The van der Waals surface area contributed by atoms with Gasteiger partial charge in [0.05, 0.1) is 6.61 Å². The number of nitrogens with zero attached hydrogens (tertiary/aromatic N) is 2. The fourth-order valence-electron chi connectivity index (χ4n) is 1.79. The second-order valence-electron chi connectivity index (χ2n) is 4.07. The molecule has 94 valence electrons. The highest BCUT2D eigenvalue weighted by molar-refractivity contribution is 5.22. The fraction of sp³-hybridized carbons (Fsp3) is 0.286. The molecule has 0 saturated heterocycles. The molecule has 1 heterocycles. The summed E-state index contributed by atoms with van der Waals surface area (Å²) in [5.41, 5.74) is 2.60. The van der Waals surface area contributed by atoms with Crippen molar-refractivity contribution in [2.45, 2.75) is 26.4 Å². The van der Waals surface area contributed by atoms with E-state index in [0.29, 0.717) is 12.2 Å². The van der Waals surface area contributed by atoms with Gasteiger partial charge in [-0.2, -0.15) is 0 Å². The maximum absolute atomic E-state index is 12.8. The summed E-state index contributed by atoms with van der Waals surface area (Å²) in [6.07, 6.45) is 2.98. The average Bonchev–Trinajstić information content (AvgIpc) is 2.41. The number of aryl methyl sites for hydroxylation is 1. The van der Waals surface area contributed by atoms with Gasteiger partial charge in [-0.1, -0.05) is 19.1 Å². The number of benzene rings is 1. The summed E-state index contributed by atoms with van der Waals surface area (Å²) in [5.74, 6) is 0.445. The summed E-state index contributed by atoms with van der Waals surface area (Å²) in [5, 5.41) is 9.14. The van der Waals surface area contributed by atoms with Gasteiger partial charge in [0.1, 0.15) is 11.6 Å². The highest BCUT2D eigenvalue weighted by Crippen LogP contribution is 2.10. The molecule has 3 nitrogen and oxygen atoms in total. The maximum Gasteiger partial charge on any atom is 0.132 e. The average molecular weight is 246 g/mol. The van der Waals surface area contributed by atoms with E-state index in [0.717, 1.165) is 23.2 Å². The molecule has 0 saturated carbocycles. The van der Waals surface area contributed by atoms with Crippen LogP contribution in [0.15, 0.2) is 30.5 Å². The quantitative estimate of drug-likeness (QED) is 0.900. The SMILES string of the molecule is CCc1nc(Cc2ccc(F)cc2)ncc1CO. The molecule has 2 rings (SSSR count). The molecule has 1 N–H and O–H groups in total. The Morgan fingerprint density at radius 1 is 1.22 bits per heavy atom. The van der Waals surface area contributed by atoms with Crippen LogP contribution in [0.4, 0.5) is 4.39 Å². The number of halogens is 1. The Hall–Kier alpha value is -1.81. The maximum atomic E-state index is 12.8. The van der Waals surface area contributed by atoms with Gasteiger partial charge in [-0.3, -0.25) is 0 Å². The fourth-order valence-corrected chi connectivity index (χ4v) is 1.79. The third-order valence-electron chi connectivity index (χ3n) is 2.78. The summed E-state index contributed by atoms with van der Waals surface area (Å²) < 4.78 is 12.8. The topological polar surface area (TPSA) is 46.0 Å². The summed E-state index contributed by atoms with van der Waals surface area (Å²) in [6.45, 7) is 1.95. The molecule has 18 heavy (non-hydrogen) atoms. The van der Waals surface area contributed by atoms with Crippen LogP contribution in [-0.4, -0.2) is 15.1 Å². The Labute approximate surface area is 105 Å². The Kier molecular flexibility index (Phi) is 3.99. The summed E-state index contributed by atoms with van der Waals surface area (Å²) in [4.78, 5) is 8.63. The molecule has 0 spiro atoms. The molecule has 1 aromatic carbocycles. The number of aliphatic hydroxyl groups is 1. The van der Waals surface area contributed by atoms with E-state index in [4.69, 9.17) is 5.11 Å². The number of aromatic nitrogens is 2. The molecule has 4 heteroatoms. The zero-order valence-electron chi connectivity index (χ0n) is 10.2. The van der Waals surface area contributed by atoms with Gasteiger partial charge < -0.3 is 5.11 Å². The largest absolute Gasteiger partial charge is 0.392 e. The first kappa shape index (κ1) is 12.6. The van der Waals surface area contributed by atoms with E-state index < -0.39 is 0 Å². The molecular formula is C14H15FN2O. The second kappa shape index (κ2) is 5.69. The van der Waals surface area contributed by atoms with Crippen molar-refractivity contribution in [3.05, 3.63) is 58.9 Å². The van der Waals surface area contributed by atoms with Crippen LogP contribution < -0.4 is 0 Å². The minimum absolute atomic E-state index is 0.0417. The molecule has 0 unspecified atom stereocenters. The van der Waals surface area contributed by atoms with Crippen LogP contribution in [0.1, 0.15) is 29.6 Å². The van der Waals surface area contributed by atoms with E-state index in [-0.39, 0.29) is 12.4 Å². The van der Waals surface area contributed by atoms with Gasteiger partial charge in [-0.25, -0.2) is 14.4 Å². The monoisotopic (exact) mass is 246 g/mol. The highest BCUT2D eigenvalue weighted by Gasteiger charge is 2.05. The van der Waals surface area contributed by atoms with Crippen molar-refractivity contribution in [2.24, 2.45) is 0 Å². The summed E-state index contributed by atoms with van der Waals surface area (Å²) in [6, 6.07) is 6.31. The Morgan fingerprint density at radius 2 is 1.94 bits per heavy atom. The van der Waals surface area contributed by atoms with Crippen molar-refractivity contribution < 1.29 is 9.50 Å². The third kappa shape index (κ3) is 2.90. The minimum Gasteiger partial charge on any atom is -0.392 e. The lowest BCUT2D eigenvalue weighted by molar-refractivity contribution is 0.279. The molecular weight excluding hydrogens is 231 g/mol. The first-order valence-electron chi connectivity index (χ1n) is 5.92. The van der Waals surface area contributed by atoms with Gasteiger partial charge in [0.25, 0.3) is 0 Å². The lowest BCUT2D eigenvalue weighted by atomic mass is 10.1. The Bertz CT molecular complexity index is 526. The van der Waals surface area contributed by atoms with Crippen molar-refractivity contribution in [1.82, 2.24) is 9.97 Å². The molecule has 0 amide bonds. The first-order valence-corrected chi connectivity index (χ1v) is 5.92.